The van der Waals surface area contributed by atoms with Gasteiger partial charge in [-0.05, 0) is 85.0 Å². The van der Waals surface area contributed by atoms with Gasteiger partial charge in [0.1, 0.15) is 0 Å². The van der Waals surface area contributed by atoms with Gasteiger partial charge >= 0.3 is 0 Å². The summed E-state index contributed by atoms with van der Waals surface area (Å²) in [6, 6.07) is 0. The first-order valence-corrected chi connectivity index (χ1v) is 9.13. The molecule has 118 valence electrons. The molecule has 4 saturated carbocycles. The maximum absolute atomic E-state index is 10.9. The lowest BCUT2D eigenvalue weighted by molar-refractivity contribution is -0.159. The van der Waals surface area contributed by atoms with Gasteiger partial charge in [0.05, 0.1) is 5.60 Å². The molecule has 1 heteroatoms. The molecule has 1 N–H and O–H groups in total. The molecular weight excluding hydrogens is 256 g/mol. The van der Waals surface area contributed by atoms with Crippen molar-refractivity contribution in [2.45, 2.75) is 84.2 Å². The second kappa shape index (κ2) is 3.96. The molecular formula is C20H32O. The average Bonchev–Trinajstić information content (AvgIpc) is 2.54. The van der Waals surface area contributed by atoms with E-state index in [0.717, 1.165) is 36.7 Å². The van der Waals surface area contributed by atoms with Gasteiger partial charge < -0.3 is 5.11 Å². The van der Waals surface area contributed by atoms with E-state index >= 15 is 0 Å². The maximum Gasteiger partial charge on any atom is 0.0860 e. The van der Waals surface area contributed by atoms with E-state index in [0.29, 0.717) is 16.2 Å². The van der Waals surface area contributed by atoms with Crippen LogP contribution in [0.15, 0.2) is 12.2 Å². The average molecular weight is 288 g/mol. The summed E-state index contributed by atoms with van der Waals surface area (Å²) in [5, 5.41) is 10.9. The normalized spacial score (nSPS) is 55.0. The van der Waals surface area contributed by atoms with Crippen molar-refractivity contribution in [3.05, 3.63) is 12.2 Å². The summed E-state index contributed by atoms with van der Waals surface area (Å²) in [5.74, 6) is 1.71. The third kappa shape index (κ3) is 1.68. The van der Waals surface area contributed by atoms with E-state index < -0.39 is 5.60 Å². The van der Waals surface area contributed by atoms with E-state index in [1.54, 1.807) is 0 Å². The molecule has 4 aliphatic rings. The van der Waals surface area contributed by atoms with Crippen molar-refractivity contribution in [1.29, 1.82) is 0 Å². The molecule has 0 aliphatic heterocycles. The van der Waals surface area contributed by atoms with E-state index in [1.165, 1.54) is 38.5 Å². The highest BCUT2D eigenvalue weighted by atomic mass is 16.3. The van der Waals surface area contributed by atoms with Crippen LogP contribution in [0.1, 0.15) is 78.6 Å². The highest BCUT2D eigenvalue weighted by molar-refractivity contribution is 5.29. The Kier molecular flexibility index (Phi) is 2.70. The Balaban J connectivity index is 1.75. The summed E-state index contributed by atoms with van der Waals surface area (Å²) in [5.41, 5.74) is 2.05. The van der Waals surface area contributed by atoms with Gasteiger partial charge in [-0.3, -0.25) is 0 Å². The molecule has 0 aromatic carbocycles. The Hall–Kier alpha value is -0.300. The topological polar surface area (TPSA) is 20.2 Å². The Morgan fingerprint density at radius 1 is 1.00 bits per heavy atom. The lowest BCUT2D eigenvalue weighted by atomic mass is 9.41. The largest absolute Gasteiger partial charge is 0.386 e. The first-order chi connectivity index (χ1) is 9.72. The predicted octanol–water partition coefficient (Wildman–Crippen LogP) is 5.09. The third-order valence-corrected chi connectivity index (χ3v) is 8.46. The van der Waals surface area contributed by atoms with Crippen molar-refractivity contribution in [2.75, 3.05) is 0 Å². The molecule has 0 aromatic heterocycles. The van der Waals surface area contributed by atoms with Gasteiger partial charge in [-0.25, -0.2) is 0 Å². The molecule has 1 spiro atoms. The maximum atomic E-state index is 10.9. The van der Waals surface area contributed by atoms with Crippen molar-refractivity contribution in [2.24, 2.45) is 28.1 Å². The van der Waals surface area contributed by atoms with Crippen LogP contribution in [-0.4, -0.2) is 10.7 Å². The lowest BCUT2D eigenvalue weighted by Crippen LogP contribution is -2.57. The molecule has 0 saturated heterocycles. The molecule has 1 nitrogen and oxygen atoms in total. The number of fused-ring (bicyclic) bond motifs is 3. The fraction of sp³-hybridized carbons (Fsp3) is 0.900. The Morgan fingerprint density at radius 3 is 2.48 bits per heavy atom. The van der Waals surface area contributed by atoms with Crippen LogP contribution in [0.25, 0.3) is 0 Å². The van der Waals surface area contributed by atoms with E-state index in [9.17, 15) is 5.11 Å². The molecule has 0 heterocycles. The van der Waals surface area contributed by atoms with Crippen LogP contribution in [0.3, 0.4) is 0 Å². The zero-order chi connectivity index (χ0) is 15.1. The molecule has 4 aliphatic carbocycles. The summed E-state index contributed by atoms with van der Waals surface area (Å²) in [7, 11) is 0. The molecule has 0 amide bonds. The van der Waals surface area contributed by atoms with Crippen LogP contribution in [0.4, 0.5) is 0 Å². The summed E-state index contributed by atoms with van der Waals surface area (Å²) in [6.45, 7) is 11.9. The van der Waals surface area contributed by atoms with E-state index in [4.69, 9.17) is 0 Å². The zero-order valence-electron chi connectivity index (χ0n) is 14.2. The second-order valence-corrected chi connectivity index (χ2v) is 9.88. The Bertz CT molecular complexity index is 492. The minimum atomic E-state index is -0.510. The molecule has 21 heavy (non-hydrogen) atoms. The van der Waals surface area contributed by atoms with Gasteiger partial charge in [0, 0.05) is 0 Å². The van der Waals surface area contributed by atoms with Crippen molar-refractivity contribution in [3.63, 3.8) is 0 Å². The molecule has 0 radical (unpaired) electrons. The van der Waals surface area contributed by atoms with E-state index in [2.05, 4.69) is 27.4 Å². The SMILES string of the molecule is C=C1C[C@@]23CCC4C(C)(C)CCC[C@@]4(C)C2CC[C@]1(O)C3. The van der Waals surface area contributed by atoms with Gasteiger partial charge in [-0.15, -0.1) is 0 Å². The predicted molar refractivity (Wildman–Crippen MR) is 86.9 cm³/mol. The van der Waals surface area contributed by atoms with Crippen LogP contribution in [0.2, 0.25) is 0 Å². The summed E-state index contributed by atoms with van der Waals surface area (Å²) >= 11 is 0. The minimum absolute atomic E-state index is 0.392. The highest BCUT2D eigenvalue weighted by Gasteiger charge is 2.65. The van der Waals surface area contributed by atoms with Gasteiger partial charge in [0.25, 0.3) is 0 Å². The van der Waals surface area contributed by atoms with Crippen LogP contribution >= 0.6 is 0 Å². The van der Waals surface area contributed by atoms with Crippen molar-refractivity contribution < 1.29 is 5.11 Å². The number of rotatable bonds is 0. The summed E-state index contributed by atoms with van der Waals surface area (Å²) < 4.78 is 0. The van der Waals surface area contributed by atoms with E-state index in [1.807, 2.05) is 0 Å². The summed E-state index contributed by atoms with van der Waals surface area (Å²) in [6.07, 6.45) is 11.3. The first kappa shape index (κ1) is 14.3. The highest BCUT2D eigenvalue weighted by Crippen LogP contribution is 2.72. The zero-order valence-corrected chi connectivity index (χ0v) is 14.2. The Morgan fingerprint density at radius 2 is 1.71 bits per heavy atom. The van der Waals surface area contributed by atoms with Gasteiger partial charge in [0.15, 0.2) is 0 Å². The number of aliphatic hydroxyl groups is 1. The summed E-state index contributed by atoms with van der Waals surface area (Å²) in [4.78, 5) is 0. The fourth-order valence-corrected chi connectivity index (χ4v) is 7.68. The van der Waals surface area contributed by atoms with Crippen LogP contribution < -0.4 is 0 Å². The minimum Gasteiger partial charge on any atom is -0.386 e. The van der Waals surface area contributed by atoms with Crippen LogP contribution in [0, 0.1) is 28.1 Å². The number of hydrogen-bond donors (Lipinski definition) is 1. The van der Waals surface area contributed by atoms with Gasteiger partial charge in [-0.1, -0.05) is 33.8 Å². The van der Waals surface area contributed by atoms with Crippen molar-refractivity contribution >= 4 is 0 Å². The standard InChI is InChI=1S/C20H32O/c1-14-12-19-10-6-15-17(2,3)8-5-9-18(15,4)16(19)7-11-20(14,21)13-19/h15-16,21H,1,5-13H2,2-4H3/t15?,16?,18-,19-,20+/m1/s1. The first-order valence-electron chi connectivity index (χ1n) is 9.13. The van der Waals surface area contributed by atoms with E-state index in [-0.39, 0.29) is 0 Å². The Labute approximate surface area is 130 Å². The fourth-order valence-electron chi connectivity index (χ4n) is 7.68. The molecule has 2 unspecified atom stereocenters. The molecule has 4 rings (SSSR count). The molecule has 0 aromatic rings. The van der Waals surface area contributed by atoms with Crippen LogP contribution in [-0.2, 0) is 0 Å². The lowest BCUT2D eigenvalue weighted by Gasteiger charge is -2.64. The van der Waals surface area contributed by atoms with Crippen LogP contribution in [0.5, 0.6) is 0 Å². The van der Waals surface area contributed by atoms with Crippen molar-refractivity contribution in [1.82, 2.24) is 0 Å². The second-order valence-electron chi connectivity index (χ2n) is 9.88. The molecule has 5 atom stereocenters. The quantitative estimate of drug-likeness (QED) is 0.616. The molecule has 2 bridgehead atoms. The number of hydrogen-bond acceptors (Lipinski definition) is 1. The van der Waals surface area contributed by atoms with Crippen molar-refractivity contribution in [3.8, 4) is 0 Å². The monoisotopic (exact) mass is 288 g/mol. The van der Waals surface area contributed by atoms with Gasteiger partial charge in [0.2, 0.25) is 0 Å². The smallest absolute Gasteiger partial charge is 0.0860 e. The van der Waals surface area contributed by atoms with Gasteiger partial charge in [-0.2, -0.15) is 0 Å². The third-order valence-electron chi connectivity index (χ3n) is 8.46. The molecule has 4 fully saturated rings.